The van der Waals surface area contributed by atoms with Crippen LogP contribution in [-0.2, 0) is 20.6 Å². The lowest BCUT2D eigenvalue weighted by Crippen LogP contribution is -2.39. The molecule has 0 atom stereocenters. The number of hydrogen-bond donors (Lipinski definition) is 0. The standard InChI is InChI=1S/C14H13FN4O2/c1-17-8-16-12-11(17)13(20)19(14(21)18(12)2)7-9-3-5-10(15)6-4-9/h3-6,8H,7H2,1-2H3. The second-order valence-electron chi connectivity index (χ2n) is 4.89. The third-order valence-electron chi connectivity index (χ3n) is 3.45. The molecule has 3 rings (SSSR count). The van der Waals surface area contributed by atoms with Gasteiger partial charge in [-0.25, -0.2) is 14.2 Å². The lowest BCUT2D eigenvalue weighted by Gasteiger charge is -2.08. The predicted octanol–water partition coefficient (Wildman–Crippen LogP) is 0.621. The van der Waals surface area contributed by atoms with Gasteiger partial charge in [-0.05, 0) is 17.7 Å². The van der Waals surface area contributed by atoms with Crippen LogP contribution in [0.4, 0.5) is 4.39 Å². The van der Waals surface area contributed by atoms with E-state index in [1.807, 2.05) is 0 Å². The molecular weight excluding hydrogens is 275 g/mol. The number of aromatic nitrogens is 4. The second kappa shape index (κ2) is 4.69. The number of benzene rings is 1. The monoisotopic (exact) mass is 288 g/mol. The van der Waals surface area contributed by atoms with Crippen molar-refractivity contribution in [1.82, 2.24) is 18.7 Å². The zero-order chi connectivity index (χ0) is 15.1. The molecule has 0 bridgehead atoms. The number of halogens is 1. The Morgan fingerprint density at radius 2 is 1.81 bits per heavy atom. The summed E-state index contributed by atoms with van der Waals surface area (Å²) in [5.41, 5.74) is 0.534. The molecule has 2 heterocycles. The van der Waals surface area contributed by atoms with E-state index in [0.717, 1.165) is 4.57 Å². The predicted molar refractivity (Wildman–Crippen MR) is 75.7 cm³/mol. The van der Waals surface area contributed by atoms with Crippen molar-refractivity contribution in [2.24, 2.45) is 14.1 Å². The fourth-order valence-electron chi connectivity index (χ4n) is 2.31. The summed E-state index contributed by atoms with van der Waals surface area (Å²) in [5.74, 6) is -0.360. The van der Waals surface area contributed by atoms with Crippen LogP contribution in [0.3, 0.4) is 0 Å². The number of aryl methyl sites for hydroxylation is 2. The van der Waals surface area contributed by atoms with Gasteiger partial charge in [-0.3, -0.25) is 13.9 Å². The first-order chi connectivity index (χ1) is 9.99. The summed E-state index contributed by atoms with van der Waals surface area (Å²) in [6, 6.07) is 5.70. The quantitative estimate of drug-likeness (QED) is 0.694. The normalized spacial score (nSPS) is 11.2. The largest absolute Gasteiger partial charge is 0.332 e. The first-order valence-electron chi connectivity index (χ1n) is 6.34. The van der Waals surface area contributed by atoms with Gasteiger partial charge >= 0.3 is 5.69 Å². The van der Waals surface area contributed by atoms with Gasteiger partial charge in [0, 0.05) is 14.1 Å². The Hall–Kier alpha value is -2.70. The van der Waals surface area contributed by atoms with Crippen molar-refractivity contribution in [2.45, 2.75) is 6.54 Å². The summed E-state index contributed by atoms with van der Waals surface area (Å²) in [7, 11) is 3.27. The molecule has 7 heteroatoms. The fraction of sp³-hybridized carbons (Fsp3) is 0.214. The van der Waals surface area contributed by atoms with Crippen LogP contribution < -0.4 is 11.2 Å². The van der Waals surface area contributed by atoms with Crippen molar-refractivity contribution >= 4 is 11.2 Å². The molecule has 0 N–H and O–H groups in total. The maximum atomic E-state index is 12.9. The van der Waals surface area contributed by atoms with E-state index in [1.165, 1.54) is 23.0 Å². The van der Waals surface area contributed by atoms with Gasteiger partial charge in [-0.2, -0.15) is 0 Å². The van der Waals surface area contributed by atoms with Crippen LogP contribution in [-0.4, -0.2) is 18.7 Å². The molecule has 6 nitrogen and oxygen atoms in total. The summed E-state index contributed by atoms with van der Waals surface area (Å²) in [6.07, 6.45) is 1.49. The first-order valence-corrected chi connectivity index (χ1v) is 6.34. The van der Waals surface area contributed by atoms with Crippen LogP contribution in [0.2, 0.25) is 0 Å². The van der Waals surface area contributed by atoms with Crippen LogP contribution in [0, 0.1) is 5.82 Å². The van der Waals surface area contributed by atoms with E-state index in [2.05, 4.69) is 4.98 Å². The first kappa shape index (κ1) is 13.3. The van der Waals surface area contributed by atoms with Gasteiger partial charge in [0.15, 0.2) is 11.2 Å². The third-order valence-corrected chi connectivity index (χ3v) is 3.45. The molecule has 0 aliphatic rings. The summed E-state index contributed by atoms with van der Waals surface area (Å²) in [4.78, 5) is 28.8. The minimum Gasteiger partial charge on any atom is -0.328 e. The Labute approximate surface area is 118 Å². The zero-order valence-corrected chi connectivity index (χ0v) is 11.6. The molecule has 2 aromatic heterocycles. The lowest BCUT2D eigenvalue weighted by atomic mass is 10.2. The summed E-state index contributed by atoms with van der Waals surface area (Å²) in [6.45, 7) is 0.0902. The van der Waals surface area contributed by atoms with E-state index >= 15 is 0 Å². The third kappa shape index (κ3) is 2.06. The SMILES string of the molecule is Cn1cnc2c1c(=O)n(Cc1ccc(F)cc1)c(=O)n2C. The van der Waals surface area contributed by atoms with Crippen molar-refractivity contribution in [3.8, 4) is 0 Å². The van der Waals surface area contributed by atoms with E-state index in [1.54, 1.807) is 30.8 Å². The summed E-state index contributed by atoms with van der Waals surface area (Å²) in [5, 5.41) is 0. The van der Waals surface area contributed by atoms with Crippen LogP contribution >= 0.6 is 0 Å². The Kier molecular flexibility index (Phi) is 2.97. The van der Waals surface area contributed by atoms with Gasteiger partial charge in [0.05, 0.1) is 12.9 Å². The highest BCUT2D eigenvalue weighted by molar-refractivity contribution is 5.69. The van der Waals surface area contributed by atoms with Gasteiger partial charge < -0.3 is 4.57 Å². The molecule has 0 saturated carbocycles. The second-order valence-corrected chi connectivity index (χ2v) is 4.89. The Bertz CT molecular complexity index is 934. The fourth-order valence-corrected chi connectivity index (χ4v) is 2.31. The molecule has 0 amide bonds. The van der Waals surface area contributed by atoms with Crippen molar-refractivity contribution in [3.05, 3.63) is 62.8 Å². The number of fused-ring (bicyclic) bond motifs is 1. The zero-order valence-electron chi connectivity index (χ0n) is 11.6. The molecule has 21 heavy (non-hydrogen) atoms. The van der Waals surface area contributed by atoms with E-state index < -0.39 is 11.2 Å². The molecule has 0 spiro atoms. The van der Waals surface area contributed by atoms with Crippen LogP contribution in [0.25, 0.3) is 11.2 Å². The van der Waals surface area contributed by atoms with Crippen LogP contribution in [0.1, 0.15) is 5.56 Å². The molecule has 1 aromatic carbocycles. The molecule has 0 aliphatic carbocycles. The number of hydrogen-bond acceptors (Lipinski definition) is 3. The van der Waals surface area contributed by atoms with Crippen molar-refractivity contribution in [2.75, 3.05) is 0 Å². The Balaban J connectivity index is 2.23. The number of rotatable bonds is 2. The van der Waals surface area contributed by atoms with Crippen molar-refractivity contribution in [1.29, 1.82) is 0 Å². The molecule has 0 aliphatic heterocycles. The van der Waals surface area contributed by atoms with E-state index in [9.17, 15) is 14.0 Å². The summed E-state index contributed by atoms with van der Waals surface area (Å²) < 4.78 is 17.0. The molecule has 0 saturated heterocycles. The Morgan fingerprint density at radius 1 is 1.14 bits per heavy atom. The van der Waals surface area contributed by atoms with Crippen molar-refractivity contribution < 1.29 is 4.39 Å². The van der Waals surface area contributed by atoms with E-state index in [-0.39, 0.29) is 12.4 Å². The van der Waals surface area contributed by atoms with Gasteiger partial charge in [0.2, 0.25) is 0 Å². The molecule has 0 unspecified atom stereocenters. The van der Waals surface area contributed by atoms with E-state index in [4.69, 9.17) is 0 Å². The average molecular weight is 288 g/mol. The minimum absolute atomic E-state index is 0.0902. The molecular formula is C14H13FN4O2. The molecule has 108 valence electrons. The average Bonchev–Trinajstić information content (AvgIpc) is 2.85. The lowest BCUT2D eigenvalue weighted by molar-refractivity contribution is 0.623. The number of imidazole rings is 1. The van der Waals surface area contributed by atoms with Gasteiger partial charge in [-0.1, -0.05) is 12.1 Å². The minimum atomic E-state index is -0.449. The maximum absolute atomic E-state index is 12.9. The highest BCUT2D eigenvalue weighted by atomic mass is 19.1. The molecule has 0 fully saturated rings. The van der Waals surface area contributed by atoms with Crippen LogP contribution in [0.15, 0.2) is 40.2 Å². The van der Waals surface area contributed by atoms with Crippen molar-refractivity contribution in [3.63, 3.8) is 0 Å². The molecule has 3 aromatic rings. The highest BCUT2D eigenvalue weighted by Crippen LogP contribution is 2.06. The van der Waals surface area contributed by atoms with Gasteiger partial charge in [0.1, 0.15) is 5.82 Å². The van der Waals surface area contributed by atoms with E-state index in [0.29, 0.717) is 16.7 Å². The smallest absolute Gasteiger partial charge is 0.328 e. The topological polar surface area (TPSA) is 61.8 Å². The Morgan fingerprint density at radius 3 is 2.48 bits per heavy atom. The van der Waals surface area contributed by atoms with Crippen LogP contribution in [0.5, 0.6) is 0 Å². The summed E-state index contributed by atoms with van der Waals surface area (Å²) >= 11 is 0. The van der Waals surface area contributed by atoms with Gasteiger partial charge in [0.25, 0.3) is 5.56 Å². The highest BCUT2D eigenvalue weighted by Gasteiger charge is 2.14. The molecule has 0 radical (unpaired) electrons. The number of nitrogens with zero attached hydrogens (tertiary/aromatic N) is 4. The van der Waals surface area contributed by atoms with Gasteiger partial charge in [-0.15, -0.1) is 0 Å². The maximum Gasteiger partial charge on any atom is 0.332 e.